The van der Waals surface area contributed by atoms with Crippen LogP contribution in [0.1, 0.15) is 18.5 Å². The molecule has 1 aromatic carbocycles. The summed E-state index contributed by atoms with van der Waals surface area (Å²) in [5.74, 6) is 1.75. The lowest BCUT2D eigenvalue weighted by Crippen LogP contribution is -2.45. The molecule has 0 spiro atoms. The van der Waals surface area contributed by atoms with Crippen molar-refractivity contribution in [1.29, 1.82) is 0 Å². The monoisotopic (exact) mass is 547 g/mol. The van der Waals surface area contributed by atoms with Crippen LogP contribution in [0.5, 0.6) is 5.75 Å². The van der Waals surface area contributed by atoms with E-state index in [9.17, 15) is 0 Å². The lowest BCUT2D eigenvalue weighted by atomic mass is 10.0. The SMILES string of the molecule is CCNC(=NCC(c1ccc(OC)cc1)N1CCOCC1)NCCN1CCOCC1.I. The van der Waals surface area contributed by atoms with Gasteiger partial charge in [0.05, 0.1) is 46.1 Å². The first-order valence-electron chi connectivity index (χ1n) is 11.1. The molecule has 0 radical (unpaired) electrons. The molecule has 0 amide bonds. The molecule has 1 aromatic rings. The van der Waals surface area contributed by atoms with Crippen molar-refractivity contribution in [3.8, 4) is 5.75 Å². The molecule has 0 aliphatic carbocycles. The molecule has 1 atom stereocenters. The van der Waals surface area contributed by atoms with Gasteiger partial charge in [-0.3, -0.25) is 14.8 Å². The van der Waals surface area contributed by atoms with E-state index in [1.807, 2.05) is 12.1 Å². The third-order valence-corrected chi connectivity index (χ3v) is 5.58. The second-order valence-corrected chi connectivity index (χ2v) is 7.54. The topological polar surface area (TPSA) is 70.6 Å². The Morgan fingerprint density at radius 3 is 2.29 bits per heavy atom. The smallest absolute Gasteiger partial charge is 0.191 e. The Hall–Kier alpha value is -1.14. The van der Waals surface area contributed by atoms with Crippen molar-refractivity contribution < 1.29 is 14.2 Å². The van der Waals surface area contributed by atoms with Crippen molar-refractivity contribution in [2.24, 2.45) is 4.99 Å². The summed E-state index contributed by atoms with van der Waals surface area (Å²) in [6.45, 7) is 12.6. The summed E-state index contributed by atoms with van der Waals surface area (Å²) in [6.07, 6.45) is 0. The molecule has 2 fully saturated rings. The zero-order valence-corrected chi connectivity index (χ0v) is 21.2. The minimum Gasteiger partial charge on any atom is -0.497 e. The molecule has 2 saturated heterocycles. The Bertz CT molecular complexity index is 635. The van der Waals surface area contributed by atoms with Gasteiger partial charge in [0.1, 0.15) is 5.75 Å². The number of rotatable bonds is 9. The second-order valence-electron chi connectivity index (χ2n) is 7.54. The second kappa shape index (κ2) is 14.8. The van der Waals surface area contributed by atoms with Crippen molar-refractivity contribution in [3.05, 3.63) is 29.8 Å². The zero-order chi connectivity index (χ0) is 21.0. The highest BCUT2D eigenvalue weighted by Crippen LogP contribution is 2.24. The molecule has 0 aromatic heterocycles. The van der Waals surface area contributed by atoms with E-state index in [4.69, 9.17) is 19.2 Å². The zero-order valence-electron chi connectivity index (χ0n) is 18.8. The number of methoxy groups -OCH3 is 1. The van der Waals surface area contributed by atoms with Crippen LogP contribution in [-0.4, -0.2) is 102 Å². The summed E-state index contributed by atoms with van der Waals surface area (Å²) in [6, 6.07) is 8.56. The Labute approximate surface area is 203 Å². The van der Waals surface area contributed by atoms with Crippen LogP contribution < -0.4 is 15.4 Å². The number of nitrogens with one attached hydrogen (secondary N) is 2. The van der Waals surface area contributed by atoms with E-state index in [1.165, 1.54) is 5.56 Å². The van der Waals surface area contributed by atoms with E-state index in [0.29, 0.717) is 6.54 Å². The average molecular weight is 547 g/mol. The van der Waals surface area contributed by atoms with E-state index >= 15 is 0 Å². The van der Waals surface area contributed by atoms with Crippen molar-refractivity contribution in [3.63, 3.8) is 0 Å². The number of nitrogens with zero attached hydrogens (tertiary/aromatic N) is 3. The average Bonchev–Trinajstić information content (AvgIpc) is 2.81. The molecule has 2 aliphatic heterocycles. The quantitative estimate of drug-likeness (QED) is 0.277. The first-order valence-corrected chi connectivity index (χ1v) is 11.1. The minimum atomic E-state index is 0. The highest BCUT2D eigenvalue weighted by Gasteiger charge is 2.22. The number of guanidine groups is 1. The molecule has 2 heterocycles. The molecule has 0 saturated carbocycles. The maximum absolute atomic E-state index is 5.56. The highest BCUT2D eigenvalue weighted by molar-refractivity contribution is 14.0. The van der Waals surface area contributed by atoms with Crippen LogP contribution in [0.2, 0.25) is 0 Å². The van der Waals surface area contributed by atoms with Gasteiger partial charge in [0, 0.05) is 45.8 Å². The number of morpholine rings is 2. The lowest BCUT2D eigenvalue weighted by Gasteiger charge is -2.34. The fourth-order valence-corrected chi connectivity index (χ4v) is 3.82. The maximum Gasteiger partial charge on any atom is 0.191 e. The third kappa shape index (κ3) is 8.72. The van der Waals surface area contributed by atoms with Gasteiger partial charge in [-0.2, -0.15) is 0 Å². The van der Waals surface area contributed by atoms with Crippen LogP contribution in [0.25, 0.3) is 0 Å². The molecular formula is C22H38IN5O3. The predicted molar refractivity (Wildman–Crippen MR) is 135 cm³/mol. The molecule has 9 heteroatoms. The van der Waals surface area contributed by atoms with E-state index < -0.39 is 0 Å². The third-order valence-electron chi connectivity index (χ3n) is 5.58. The van der Waals surface area contributed by atoms with Gasteiger partial charge < -0.3 is 24.8 Å². The summed E-state index contributed by atoms with van der Waals surface area (Å²) in [5.41, 5.74) is 1.26. The van der Waals surface area contributed by atoms with Gasteiger partial charge in [0.2, 0.25) is 0 Å². The largest absolute Gasteiger partial charge is 0.497 e. The number of benzene rings is 1. The first-order chi connectivity index (χ1) is 14.8. The van der Waals surface area contributed by atoms with Crippen molar-refractivity contribution in [1.82, 2.24) is 20.4 Å². The van der Waals surface area contributed by atoms with Crippen LogP contribution in [-0.2, 0) is 9.47 Å². The maximum atomic E-state index is 5.56. The predicted octanol–water partition coefficient (Wildman–Crippen LogP) is 1.57. The Morgan fingerprint density at radius 1 is 1.03 bits per heavy atom. The molecule has 2 N–H and O–H groups in total. The minimum absolute atomic E-state index is 0. The Kier molecular flexibility index (Phi) is 12.5. The van der Waals surface area contributed by atoms with Crippen LogP contribution in [0.4, 0.5) is 0 Å². The van der Waals surface area contributed by atoms with Gasteiger partial charge in [-0.1, -0.05) is 12.1 Å². The van der Waals surface area contributed by atoms with Gasteiger partial charge in [-0.15, -0.1) is 24.0 Å². The molecule has 2 aliphatic rings. The number of hydrogen-bond donors (Lipinski definition) is 2. The summed E-state index contributed by atoms with van der Waals surface area (Å²) in [4.78, 5) is 9.82. The summed E-state index contributed by atoms with van der Waals surface area (Å²) >= 11 is 0. The van der Waals surface area contributed by atoms with E-state index in [-0.39, 0.29) is 30.0 Å². The van der Waals surface area contributed by atoms with E-state index in [2.05, 4.69) is 39.5 Å². The molecule has 176 valence electrons. The summed E-state index contributed by atoms with van der Waals surface area (Å²) in [7, 11) is 1.70. The number of aliphatic imine (C=N–C) groups is 1. The van der Waals surface area contributed by atoms with Crippen LogP contribution in [0, 0.1) is 0 Å². The summed E-state index contributed by atoms with van der Waals surface area (Å²) in [5, 5.41) is 6.87. The standard InChI is InChI=1S/C22H37N5O3.HI/c1-3-23-22(24-8-9-26-10-14-29-15-11-26)25-18-21(27-12-16-30-17-13-27)19-4-6-20(28-2)7-5-19;/h4-7,21H,3,8-18H2,1-2H3,(H2,23,24,25);1H. The first kappa shape index (κ1) is 26.1. The van der Waals surface area contributed by atoms with Gasteiger partial charge in [0.25, 0.3) is 0 Å². The molecular weight excluding hydrogens is 509 g/mol. The molecule has 0 bridgehead atoms. The van der Waals surface area contributed by atoms with Crippen molar-refractivity contribution in [2.45, 2.75) is 13.0 Å². The normalized spacial score (nSPS) is 19.4. The van der Waals surface area contributed by atoms with Gasteiger partial charge >= 0.3 is 0 Å². The molecule has 31 heavy (non-hydrogen) atoms. The van der Waals surface area contributed by atoms with Crippen molar-refractivity contribution in [2.75, 3.05) is 85.9 Å². The van der Waals surface area contributed by atoms with Gasteiger partial charge in [0.15, 0.2) is 5.96 Å². The molecule has 3 rings (SSSR count). The fourth-order valence-electron chi connectivity index (χ4n) is 3.82. The van der Waals surface area contributed by atoms with Gasteiger partial charge in [-0.25, -0.2) is 0 Å². The summed E-state index contributed by atoms with van der Waals surface area (Å²) < 4.78 is 16.3. The van der Waals surface area contributed by atoms with Crippen LogP contribution >= 0.6 is 24.0 Å². The van der Waals surface area contributed by atoms with Gasteiger partial charge in [-0.05, 0) is 24.6 Å². The Balaban J connectivity index is 0.00000341. The highest BCUT2D eigenvalue weighted by atomic mass is 127. The number of halogens is 1. The molecule has 8 nitrogen and oxygen atoms in total. The van der Waals surface area contributed by atoms with Crippen LogP contribution in [0.3, 0.4) is 0 Å². The Morgan fingerprint density at radius 2 is 1.68 bits per heavy atom. The number of hydrogen-bond acceptors (Lipinski definition) is 6. The van der Waals surface area contributed by atoms with Crippen molar-refractivity contribution >= 4 is 29.9 Å². The van der Waals surface area contributed by atoms with Crippen LogP contribution in [0.15, 0.2) is 29.3 Å². The van der Waals surface area contributed by atoms with E-state index in [1.54, 1.807) is 7.11 Å². The fraction of sp³-hybridized carbons (Fsp3) is 0.682. The van der Waals surface area contributed by atoms with E-state index in [0.717, 1.165) is 83.9 Å². The number of ether oxygens (including phenoxy) is 3. The lowest BCUT2D eigenvalue weighted by molar-refractivity contribution is 0.0179. The molecule has 1 unspecified atom stereocenters.